The van der Waals surface area contributed by atoms with Crippen LogP contribution in [0.5, 0.6) is 0 Å². The van der Waals surface area contributed by atoms with Crippen LogP contribution < -0.4 is 0 Å². The molecule has 1 spiro atoms. The third-order valence-electron chi connectivity index (χ3n) is 6.32. The van der Waals surface area contributed by atoms with E-state index in [0.29, 0.717) is 14.9 Å². The Morgan fingerprint density at radius 3 is 2.55 bits per heavy atom. The average Bonchev–Trinajstić information content (AvgIpc) is 3.12. The first-order valence-corrected chi connectivity index (χ1v) is 9.78. The zero-order valence-corrected chi connectivity index (χ0v) is 13.7. The fraction of sp³-hybridized carbons (Fsp3) is 0.647. The van der Waals surface area contributed by atoms with Crippen LogP contribution in [0.4, 0.5) is 0 Å². The molecule has 0 amide bonds. The molecule has 1 aromatic carbocycles. The number of likely N-dealkylation sites (N-methyl/N-ethyl adjacent to an activating group) is 1. The van der Waals surface area contributed by atoms with E-state index in [2.05, 4.69) is 59.7 Å². The van der Waals surface area contributed by atoms with Crippen LogP contribution in [0.3, 0.4) is 0 Å². The molecule has 2 atom stereocenters. The lowest BCUT2D eigenvalue weighted by Gasteiger charge is -2.44. The second kappa shape index (κ2) is 3.80. The van der Waals surface area contributed by atoms with Gasteiger partial charge in [-0.05, 0) is 31.0 Å². The number of benzene rings is 1. The number of likely N-dealkylation sites (tertiary alicyclic amines) is 1. The van der Waals surface area contributed by atoms with Gasteiger partial charge in [-0.25, -0.2) is 0 Å². The van der Waals surface area contributed by atoms with E-state index in [9.17, 15) is 0 Å². The van der Waals surface area contributed by atoms with E-state index in [1.807, 2.05) is 0 Å². The van der Waals surface area contributed by atoms with Crippen LogP contribution in [0.2, 0.25) is 0 Å². The molecule has 1 saturated carbocycles. The minimum Gasteiger partial charge on any atom is -0.305 e. The van der Waals surface area contributed by atoms with Gasteiger partial charge in [-0.15, -0.1) is 23.5 Å². The molecule has 0 aromatic heterocycles. The molecular formula is C17H21NS2. The zero-order valence-electron chi connectivity index (χ0n) is 12.0. The molecule has 5 rings (SSSR count). The molecule has 3 fully saturated rings. The van der Waals surface area contributed by atoms with Gasteiger partial charge in [-0.3, -0.25) is 0 Å². The smallest absolute Gasteiger partial charge is 0.0940 e. The van der Waals surface area contributed by atoms with Crippen LogP contribution in [0, 0.1) is 5.41 Å². The van der Waals surface area contributed by atoms with Crippen molar-refractivity contribution in [2.75, 3.05) is 31.6 Å². The van der Waals surface area contributed by atoms with Crippen molar-refractivity contribution in [2.24, 2.45) is 5.41 Å². The van der Waals surface area contributed by atoms with E-state index in [0.717, 1.165) is 0 Å². The normalized spacial score (nSPS) is 41.0. The Hall–Kier alpha value is -0.120. The van der Waals surface area contributed by atoms with Crippen LogP contribution in [-0.4, -0.2) is 36.5 Å². The van der Waals surface area contributed by atoms with E-state index in [4.69, 9.17) is 0 Å². The summed E-state index contributed by atoms with van der Waals surface area (Å²) in [6.45, 7) is 2.59. The first-order chi connectivity index (χ1) is 9.74. The van der Waals surface area contributed by atoms with Gasteiger partial charge in [-0.2, -0.15) is 0 Å². The summed E-state index contributed by atoms with van der Waals surface area (Å²) in [6, 6.07) is 9.46. The van der Waals surface area contributed by atoms with Crippen molar-refractivity contribution < 1.29 is 0 Å². The molecular weight excluding hydrogens is 282 g/mol. The van der Waals surface area contributed by atoms with E-state index in [1.54, 1.807) is 11.1 Å². The van der Waals surface area contributed by atoms with Crippen molar-refractivity contribution in [1.29, 1.82) is 0 Å². The van der Waals surface area contributed by atoms with E-state index >= 15 is 0 Å². The Kier molecular flexibility index (Phi) is 2.36. The fourth-order valence-corrected chi connectivity index (χ4v) is 9.98. The van der Waals surface area contributed by atoms with E-state index in [1.165, 1.54) is 43.9 Å². The molecule has 2 saturated heterocycles. The molecule has 2 heterocycles. The fourth-order valence-electron chi connectivity index (χ4n) is 5.96. The Bertz CT molecular complexity index is 580. The molecule has 106 valence electrons. The molecule has 1 aromatic rings. The maximum atomic E-state index is 2.62. The first kappa shape index (κ1) is 12.4. The average molecular weight is 303 g/mol. The second-order valence-corrected chi connectivity index (χ2v) is 9.93. The Morgan fingerprint density at radius 2 is 1.75 bits per heavy atom. The van der Waals surface area contributed by atoms with Crippen LogP contribution >= 0.6 is 23.5 Å². The lowest BCUT2D eigenvalue weighted by atomic mass is 9.68. The molecule has 2 aliphatic carbocycles. The number of hydrogen-bond donors (Lipinski definition) is 0. The molecule has 3 heteroatoms. The summed E-state index contributed by atoms with van der Waals surface area (Å²) in [4.78, 5) is 2.62. The van der Waals surface area contributed by atoms with Crippen molar-refractivity contribution in [3.8, 4) is 0 Å². The summed E-state index contributed by atoms with van der Waals surface area (Å²) in [5.74, 6) is 2.67. The third-order valence-corrected chi connectivity index (χ3v) is 10.1. The van der Waals surface area contributed by atoms with Gasteiger partial charge in [0.1, 0.15) is 0 Å². The largest absolute Gasteiger partial charge is 0.305 e. The summed E-state index contributed by atoms with van der Waals surface area (Å²) in [5.41, 5.74) is 4.37. The van der Waals surface area contributed by atoms with Crippen molar-refractivity contribution >= 4 is 23.5 Å². The highest BCUT2D eigenvalue weighted by atomic mass is 32.2. The quantitative estimate of drug-likeness (QED) is 0.720. The lowest BCUT2D eigenvalue weighted by molar-refractivity contribution is 0.222. The van der Waals surface area contributed by atoms with Gasteiger partial charge in [0.15, 0.2) is 0 Å². The highest BCUT2D eigenvalue weighted by Crippen LogP contribution is 2.79. The first-order valence-electron chi connectivity index (χ1n) is 7.81. The maximum absolute atomic E-state index is 2.62. The van der Waals surface area contributed by atoms with E-state index < -0.39 is 0 Å². The standard InChI is InChI=1S/C17H21NS2/c1-18-11-15-7-4-8-16(15,12-18)17(19-9-10-20-17)14-6-3-2-5-13(14)15/h2-3,5-6H,4,7-12H2,1H3/t15-,16-/m1/s1. The van der Waals surface area contributed by atoms with Crippen molar-refractivity contribution in [2.45, 2.75) is 28.8 Å². The van der Waals surface area contributed by atoms with Gasteiger partial charge in [0.05, 0.1) is 4.08 Å². The second-order valence-electron chi connectivity index (χ2n) is 7.05. The molecule has 2 aliphatic heterocycles. The molecule has 0 radical (unpaired) electrons. The topological polar surface area (TPSA) is 3.24 Å². The lowest BCUT2D eigenvalue weighted by Crippen LogP contribution is -2.44. The number of nitrogens with zero attached hydrogens (tertiary/aromatic N) is 1. The molecule has 0 N–H and O–H groups in total. The third kappa shape index (κ3) is 1.11. The van der Waals surface area contributed by atoms with Gasteiger partial charge >= 0.3 is 0 Å². The van der Waals surface area contributed by atoms with Gasteiger partial charge in [0.25, 0.3) is 0 Å². The van der Waals surface area contributed by atoms with Gasteiger partial charge in [0, 0.05) is 35.4 Å². The van der Waals surface area contributed by atoms with Crippen LogP contribution in [0.1, 0.15) is 30.4 Å². The van der Waals surface area contributed by atoms with Gasteiger partial charge < -0.3 is 4.90 Å². The number of fused-ring (bicyclic) bond motifs is 2. The zero-order chi connectivity index (χ0) is 13.4. The highest BCUT2D eigenvalue weighted by molar-refractivity contribution is 8.20. The minimum absolute atomic E-state index is 0.366. The van der Waals surface area contributed by atoms with Crippen molar-refractivity contribution in [3.05, 3.63) is 35.4 Å². The number of hydrogen-bond acceptors (Lipinski definition) is 3. The summed E-state index contributed by atoms with van der Waals surface area (Å²) in [7, 11) is 2.34. The monoisotopic (exact) mass is 303 g/mol. The van der Waals surface area contributed by atoms with E-state index in [-0.39, 0.29) is 0 Å². The van der Waals surface area contributed by atoms with Crippen molar-refractivity contribution in [1.82, 2.24) is 4.90 Å². The SMILES string of the molecule is CN1C[C@@]23CCC[C@]2(C1)C1(SCCS1)c1ccccc13. The Morgan fingerprint density at radius 1 is 1.00 bits per heavy atom. The molecule has 0 bridgehead atoms. The predicted octanol–water partition coefficient (Wildman–Crippen LogP) is 3.69. The Labute approximate surface area is 129 Å². The number of thioether (sulfide) groups is 2. The Balaban J connectivity index is 1.85. The molecule has 20 heavy (non-hydrogen) atoms. The number of rotatable bonds is 0. The summed E-state index contributed by atoms with van der Waals surface area (Å²) >= 11 is 4.54. The van der Waals surface area contributed by atoms with Crippen LogP contribution in [0.15, 0.2) is 24.3 Å². The summed E-state index contributed by atoms with van der Waals surface area (Å²) in [5, 5.41) is 0. The molecule has 4 aliphatic rings. The van der Waals surface area contributed by atoms with Crippen molar-refractivity contribution in [3.63, 3.8) is 0 Å². The maximum Gasteiger partial charge on any atom is 0.0940 e. The summed E-state index contributed by atoms with van der Waals surface area (Å²) in [6.07, 6.45) is 4.29. The van der Waals surface area contributed by atoms with Crippen LogP contribution in [0.25, 0.3) is 0 Å². The minimum atomic E-state index is 0.366. The van der Waals surface area contributed by atoms with Crippen LogP contribution in [-0.2, 0) is 9.49 Å². The summed E-state index contributed by atoms with van der Waals surface area (Å²) < 4.78 is 0.366. The van der Waals surface area contributed by atoms with Gasteiger partial charge in [0.2, 0.25) is 0 Å². The molecule has 1 nitrogen and oxygen atoms in total. The predicted molar refractivity (Wildman–Crippen MR) is 88.5 cm³/mol. The van der Waals surface area contributed by atoms with Gasteiger partial charge in [-0.1, -0.05) is 30.7 Å². The highest BCUT2D eigenvalue weighted by Gasteiger charge is 2.75. The molecule has 0 unspecified atom stereocenters.